The van der Waals surface area contributed by atoms with E-state index in [-0.39, 0.29) is 5.41 Å². The van der Waals surface area contributed by atoms with Crippen LogP contribution < -0.4 is 10.5 Å². The van der Waals surface area contributed by atoms with Crippen LogP contribution in [0.15, 0.2) is 24.3 Å². The Morgan fingerprint density at radius 3 is 2.35 bits per heavy atom. The highest BCUT2D eigenvalue weighted by atomic mass is 16.5. The zero-order valence-electron chi connectivity index (χ0n) is 10.6. The third-order valence-corrected chi connectivity index (χ3v) is 3.69. The number of ether oxygens (including phenoxy) is 2. The van der Waals surface area contributed by atoms with E-state index in [1.807, 2.05) is 24.3 Å². The highest BCUT2D eigenvalue weighted by molar-refractivity contribution is 5.27. The standard InChI is InChI=1S/C14H21NO2/c1-11(2)14(8-16-9-14)10-17-13-5-3-12(7-15)4-6-13/h3-6,11H,7-10,15H2,1-2H3. The fourth-order valence-electron chi connectivity index (χ4n) is 1.90. The third kappa shape index (κ3) is 2.61. The Morgan fingerprint density at radius 1 is 1.29 bits per heavy atom. The zero-order chi connectivity index (χ0) is 12.3. The molecule has 0 radical (unpaired) electrons. The van der Waals surface area contributed by atoms with Gasteiger partial charge in [0.25, 0.3) is 0 Å². The topological polar surface area (TPSA) is 44.5 Å². The highest BCUT2D eigenvalue weighted by Crippen LogP contribution is 2.36. The average molecular weight is 235 g/mol. The number of nitrogens with two attached hydrogens (primary N) is 1. The summed E-state index contributed by atoms with van der Waals surface area (Å²) in [5.74, 6) is 1.49. The van der Waals surface area contributed by atoms with Gasteiger partial charge in [0.2, 0.25) is 0 Å². The number of benzene rings is 1. The van der Waals surface area contributed by atoms with Crippen LogP contribution in [-0.2, 0) is 11.3 Å². The molecule has 3 heteroatoms. The first-order valence-electron chi connectivity index (χ1n) is 6.16. The Balaban J connectivity index is 1.92. The van der Waals surface area contributed by atoms with Gasteiger partial charge in [0.1, 0.15) is 5.75 Å². The van der Waals surface area contributed by atoms with Crippen LogP contribution in [0.5, 0.6) is 5.75 Å². The van der Waals surface area contributed by atoms with Crippen molar-refractivity contribution >= 4 is 0 Å². The van der Waals surface area contributed by atoms with E-state index in [0.717, 1.165) is 31.1 Å². The minimum absolute atomic E-state index is 0.201. The van der Waals surface area contributed by atoms with Gasteiger partial charge in [-0.3, -0.25) is 0 Å². The van der Waals surface area contributed by atoms with E-state index in [2.05, 4.69) is 13.8 Å². The van der Waals surface area contributed by atoms with Crippen molar-refractivity contribution in [3.63, 3.8) is 0 Å². The molecule has 1 aliphatic rings. The van der Waals surface area contributed by atoms with E-state index in [1.165, 1.54) is 0 Å². The molecule has 0 unspecified atom stereocenters. The van der Waals surface area contributed by atoms with E-state index in [1.54, 1.807) is 0 Å². The smallest absolute Gasteiger partial charge is 0.119 e. The average Bonchev–Trinajstić information content (AvgIpc) is 2.28. The molecule has 3 nitrogen and oxygen atoms in total. The fraction of sp³-hybridized carbons (Fsp3) is 0.571. The summed E-state index contributed by atoms with van der Waals surface area (Å²) in [5, 5.41) is 0. The van der Waals surface area contributed by atoms with Crippen LogP contribution in [-0.4, -0.2) is 19.8 Å². The summed E-state index contributed by atoms with van der Waals surface area (Å²) in [6.07, 6.45) is 0. The summed E-state index contributed by atoms with van der Waals surface area (Å²) >= 11 is 0. The van der Waals surface area contributed by atoms with Gasteiger partial charge in [0, 0.05) is 6.54 Å². The van der Waals surface area contributed by atoms with E-state index in [4.69, 9.17) is 15.2 Å². The Kier molecular flexibility index (Phi) is 3.69. The van der Waals surface area contributed by atoms with Gasteiger partial charge in [-0.2, -0.15) is 0 Å². The fourth-order valence-corrected chi connectivity index (χ4v) is 1.90. The van der Waals surface area contributed by atoms with Crippen LogP contribution >= 0.6 is 0 Å². The van der Waals surface area contributed by atoms with Crippen LogP contribution in [0.25, 0.3) is 0 Å². The molecular weight excluding hydrogens is 214 g/mol. The van der Waals surface area contributed by atoms with Crippen molar-refractivity contribution < 1.29 is 9.47 Å². The van der Waals surface area contributed by atoms with E-state index in [9.17, 15) is 0 Å². The van der Waals surface area contributed by atoms with Crippen LogP contribution in [0.2, 0.25) is 0 Å². The molecule has 0 amide bonds. The molecule has 0 aromatic heterocycles. The van der Waals surface area contributed by atoms with E-state index >= 15 is 0 Å². The van der Waals surface area contributed by atoms with Gasteiger partial charge in [0.05, 0.1) is 25.2 Å². The minimum Gasteiger partial charge on any atom is -0.493 e. The molecule has 0 atom stereocenters. The lowest BCUT2D eigenvalue weighted by Crippen LogP contribution is -2.50. The summed E-state index contributed by atoms with van der Waals surface area (Å²) < 4.78 is 11.2. The molecule has 94 valence electrons. The maximum absolute atomic E-state index is 5.85. The first kappa shape index (κ1) is 12.4. The summed E-state index contributed by atoms with van der Waals surface area (Å²) in [5.41, 5.74) is 6.88. The van der Waals surface area contributed by atoms with Crippen LogP contribution in [0, 0.1) is 11.3 Å². The van der Waals surface area contributed by atoms with Crippen molar-refractivity contribution in [2.24, 2.45) is 17.1 Å². The lowest BCUT2D eigenvalue weighted by atomic mass is 9.76. The molecule has 1 aromatic carbocycles. The summed E-state index contributed by atoms with van der Waals surface area (Å²) in [6.45, 7) is 7.38. The zero-order valence-corrected chi connectivity index (χ0v) is 10.6. The number of hydrogen-bond donors (Lipinski definition) is 1. The van der Waals surface area contributed by atoms with Crippen LogP contribution in [0.4, 0.5) is 0 Å². The van der Waals surface area contributed by atoms with E-state index in [0.29, 0.717) is 12.5 Å². The second-order valence-corrected chi connectivity index (χ2v) is 5.15. The molecule has 0 aliphatic carbocycles. The molecule has 0 saturated carbocycles. The molecular formula is C14H21NO2. The Morgan fingerprint density at radius 2 is 1.94 bits per heavy atom. The molecule has 2 N–H and O–H groups in total. The van der Waals surface area contributed by atoms with Crippen molar-refractivity contribution in [2.75, 3.05) is 19.8 Å². The molecule has 1 heterocycles. The lowest BCUT2D eigenvalue weighted by Gasteiger charge is -2.44. The maximum atomic E-state index is 5.85. The largest absolute Gasteiger partial charge is 0.493 e. The maximum Gasteiger partial charge on any atom is 0.119 e. The van der Waals surface area contributed by atoms with Gasteiger partial charge in [-0.1, -0.05) is 26.0 Å². The summed E-state index contributed by atoms with van der Waals surface area (Å²) in [6, 6.07) is 7.98. The van der Waals surface area contributed by atoms with E-state index < -0.39 is 0 Å². The molecule has 1 fully saturated rings. The second-order valence-electron chi connectivity index (χ2n) is 5.15. The van der Waals surface area contributed by atoms with Crippen molar-refractivity contribution in [3.05, 3.63) is 29.8 Å². The quantitative estimate of drug-likeness (QED) is 0.851. The number of hydrogen-bond acceptors (Lipinski definition) is 3. The van der Waals surface area contributed by atoms with Crippen LogP contribution in [0.1, 0.15) is 19.4 Å². The number of rotatable bonds is 5. The predicted molar refractivity (Wildman–Crippen MR) is 67.9 cm³/mol. The van der Waals surface area contributed by atoms with Gasteiger partial charge in [0.15, 0.2) is 0 Å². The first-order chi connectivity index (χ1) is 8.16. The Bertz CT molecular complexity index is 355. The van der Waals surface area contributed by atoms with Crippen molar-refractivity contribution in [1.82, 2.24) is 0 Å². The third-order valence-electron chi connectivity index (χ3n) is 3.69. The lowest BCUT2D eigenvalue weighted by molar-refractivity contribution is -0.156. The SMILES string of the molecule is CC(C)C1(COc2ccc(CN)cc2)COC1. The molecule has 17 heavy (non-hydrogen) atoms. The van der Waals surface area contributed by atoms with Gasteiger partial charge in [-0.25, -0.2) is 0 Å². The molecule has 2 rings (SSSR count). The molecule has 1 aliphatic heterocycles. The monoisotopic (exact) mass is 235 g/mol. The highest BCUT2D eigenvalue weighted by Gasteiger charge is 2.42. The Hall–Kier alpha value is -1.06. The van der Waals surface area contributed by atoms with Gasteiger partial charge >= 0.3 is 0 Å². The van der Waals surface area contributed by atoms with Crippen LogP contribution in [0.3, 0.4) is 0 Å². The van der Waals surface area contributed by atoms with Crippen molar-refractivity contribution in [1.29, 1.82) is 0 Å². The minimum atomic E-state index is 0.201. The first-order valence-corrected chi connectivity index (χ1v) is 6.16. The van der Waals surface area contributed by atoms with Crippen molar-refractivity contribution in [3.8, 4) is 5.75 Å². The summed E-state index contributed by atoms with van der Waals surface area (Å²) in [7, 11) is 0. The van der Waals surface area contributed by atoms with Gasteiger partial charge in [-0.15, -0.1) is 0 Å². The van der Waals surface area contributed by atoms with Gasteiger partial charge < -0.3 is 15.2 Å². The molecule has 1 saturated heterocycles. The molecule has 1 aromatic rings. The Labute approximate surface area is 103 Å². The normalized spacial score (nSPS) is 17.9. The molecule has 0 spiro atoms. The predicted octanol–water partition coefficient (Wildman–Crippen LogP) is 2.20. The molecule has 0 bridgehead atoms. The summed E-state index contributed by atoms with van der Waals surface area (Å²) in [4.78, 5) is 0. The second kappa shape index (κ2) is 5.07. The van der Waals surface area contributed by atoms with Crippen molar-refractivity contribution in [2.45, 2.75) is 20.4 Å². The van der Waals surface area contributed by atoms with Gasteiger partial charge in [-0.05, 0) is 23.6 Å².